The van der Waals surface area contributed by atoms with Crippen molar-refractivity contribution in [3.05, 3.63) is 29.0 Å². The molecule has 0 aliphatic carbocycles. The van der Waals surface area contributed by atoms with E-state index in [1.165, 1.54) is 6.07 Å². The Balaban J connectivity index is 3.00. The normalized spacial score (nSPS) is 15.3. The highest BCUT2D eigenvalue weighted by molar-refractivity contribution is 6.30. The SMILES string of the molecule is CCC(N)C(Oc1cccc(Cl)c1F)C(C)(C)C. The molecule has 18 heavy (non-hydrogen) atoms. The Hall–Kier alpha value is -0.800. The summed E-state index contributed by atoms with van der Waals surface area (Å²) < 4.78 is 19.6. The summed E-state index contributed by atoms with van der Waals surface area (Å²) in [5, 5.41) is 0.0604. The Morgan fingerprint density at radius 3 is 2.50 bits per heavy atom. The van der Waals surface area contributed by atoms with Crippen molar-refractivity contribution in [2.75, 3.05) is 0 Å². The van der Waals surface area contributed by atoms with Crippen molar-refractivity contribution in [1.29, 1.82) is 0 Å². The van der Waals surface area contributed by atoms with E-state index >= 15 is 0 Å². The molecule has 2 nitrogen and oxygen atoms in total. The van der Waals surface area contributed by atoms with Crippen molar-refractivity contribution in [1.82, 2.24) is 0 Å². The molecule has 2 atom stereocenters. The van der Waals surface area contributed by atoms with Gasteiger partial charge in [-0.05, 0) is 18.6 Å². The van der Waals surface area contributed by atoms with Gasteiger partial charge in [-0.15, -0.1) is 0 Å². The minimum atomic E-state index is -0.531. The lowest BCUT2D eigenvalue weighted by Gasteiger charge is -2.35. The third-order valence-electron chi connectivity index (χ3n) is 2.88. The van der Waals surface area contributed by atoms with Gasteiger partial charge in [0.2, 0.25) is 0 Å². The largest absolute Gasteiger partial charge is 0.485 e. The van der Waals surface area contributed by atoms with E-state index < -0.39 is 5.82 Å². The van der Waals surface area contributed by atoms with E-state index in [9.17, 15) is 4.39 Å². The zero-order valence-corrected chi connectivity index (χ0v) is 12.1. The second kappa shape index (κ2) is 5.89. The first-order valence-electron chi connectivity index (χ1n) is 6.13. The lowest BCUT2D eigenvalue weighted by atomic mass is 9.84. The molecular formula is C14H21ClFNO. The van der Waals surface area contributed by atoms with Crippen molar-refractivity contribution >= 4 is 11.6 Å². The summed E-state index contributed by atoms with van der Waals surface area (Å²) in [6.07, 6.45) is 0.500. The maximum Gasteiger partial charge on any atom is 0.183 e. The smallest absolute Gasteiger partial charge is 0.183 e. The van der Waals surface area contributed by atoms with Crippen LogP contribution in [0.4, 0.5) is 4.39 Å². The predicted molar refractivity (Wildman–Crippen MR) is 73.5 cm³/mol. The molecule has 2 N–H and O–H groups in total. The summed E-state index contributed by atoms with van der Waals surface area (Å²) in [7, 11) is 0. The number of rotatable bonds is 4. The highest BCUT2D eigenvalue weighted by Gasteiger charge is 2.32. The standard InChI is InChI=1S/C14H21ClFNO/c1-5-10(17)13(14(2,3)4)18-11-8-6-7-9(15)12(11)16/h6-8,10,13H,5,17H2,1-4H3. The van der Waals surface area contributed by atoms with Gasteiger partial charge in [-0.25, -0.2) is 4.39 Å². The number of hydrogen-bond acceptors (Lipinski definition) is 2. The molecule has 4 heteroatoms. The molecule has 0 heterocycles. The molecule has 0 aromatic heterocycles. The van der Waals surface area contributed by atoms with Crippen LogP contribution in [-0.2, 0) is 0 Å². The third-order valence-corrected chi connectivity index (χ3v) is 3.18. The Bertz CT molecular complexity index is 403. The average molecular weight is 274 g/mol. The topological polar surface area (TPSA) is 35.2 Å². The fraction of sp³-hybridized carbons (Fsp3) is 0.571. The molecule has 102 valence electrons. The van der Waals surface area contributed by atoms with Crippen LogP contribution >= 0.6 is 11.6 Å². The molecule has 0 aliphatic rings. The lowest BCUT2D eigenvalue weighted by molar-refractivity contribution is 0.0586. The van der Waals surface area contributed by atoms with Crippen molar-refractivity contribution in [2.45, 2.75) is 46.3 Å². The van der Waals surface area contributed by atoms with Gasteiger partial charge >= 0.3 is 0 Å². The predicted octanol–water partition coefficient (Wildman–Crippen LogP) is 4.01. The van der Waals surface area contributed by atoms with Crippen LogP contribution in [0.3, 0.4) is 0 Å². The molecule has 0 fully saturated rings. The molecule has 0 saturated carbocycles. The molecule has 1 rings (SSSR count). The molecule has 1 aromatic carbocycles. The Labute approximate surface area is 113 Å². The minimum Gasteiger partial charge on any atom is -0.485 e. The zero-order valence-electron chi connectivity index (χ0n) is 11.3. The summed E-state index contributed by atoms with van der Waals surface area (Å²) in [5.41, 5.74) is 5.88. The van der Waals surface area contributed by atoms with E-state index in [-0.39, 0.29) is 28.3 Å². The van der Waals surface area contributed by atoms with E-state index in [0.29, 0.717) is 0 Å². The van der Waals surface area contributed by atoms with Crippen LogP contribution in [0.5, 0.6) is 5.75 Å². The van der Waals surface area contributed by atoms with Gasteiger partial charge in [0.15, 0.2) is 11.6 Å². The van der Waals surface area contributed by atoms with E-state index in [1.807, 2.05) is 27.7 Å². The van der Waals surface area contributed by atoms with E-state index in [2.05, 4.69) is 0 Å². The molecule has 1 aromatic rings. The maximum absolute atomic E-state index is 13.8. The molecule has 2 unspecified atom stereocenters. The van der Waals surface area contributed by atoms with Crippen LogP contribution in [0, 0.1) is 11.2 Å². The number of nitrogens with two attached hydrogens (primary N) is 1. The molecule has 0 aliphatic heterocycles. The first-order valence-corrected chi connectivity index (χ1v) is 6.51. The van der Waals surface area contributed by atoms with Crippen molar-refractivity contribution in [3.63, 3.8) is 0 Å². The monoisotopic (exact) mass is 273 g/mol. The lowest BCUT2D eigenvalue weighted by Crippen LogP contribution is -2.47. The van der Waals surface area contributed by atoms with E-state index in [4.69, 9.17) is 22.1 Å². The van der Waals surface area contributed by atoms with Gasteiger partial charge in [0, 0.05) is 11.5 Å². The Morgan fingerprint density at radius 1 is 1.39 bits per heavy atom. The van der Waals surface area contributed by atoms with Crippen LogP contribution in [0.2, 0.25) is 5.02 Å². The van der Waals surface area contributed by atoms with Crippen LogP contribution in [0.15, 0.2) is 18.2 Å². The summed E-state index contributed by atoms with van der Waals surface area (Å²) in [5.74, 6) is -0.372. The van der Waals surface area contributed by atoms with E-state index in [1.54, 1.807) is 12.1 Å². The van der Waals surface area contributed by atoms with Crippen molar-refractivity contribution in [3.8, 4) is 5.75 Å². The van der Waals surface area contributed by atoms with Crippen LogP contribution in [-0.4, -0.2) is 12.1 Å². The summed E-state index contributed by atoms with van der Waals surface area (Å²) in [4.78, 5) is 0. The van der Waals surface area contributed by atoms with Crippen LogP contribution in [0.1, 0.15) is 34.1 Å². The number of halogens is 2. The number of hydrogen-bond donors (Lipinski definition) is 1. The first kappa shape index (κ1) is 15.3. The van der Waals surface area contributed by atoms with Gasteiger partial charge in [0.05, 0.1) is 5.02 Å². The molecule has 0 bridgehead atoms. The van der Waals surface area contributed by atoms with Gasteiger partial charge in [-0.2, -0.15) is 0 Å². The summed E-state index contributed by atoms with van der Waals surface area (Å²) in [6.45, 7) is 8.06. The fourth-order valence-corrected chi connectivity index (χ4v) is 2.00. The number of ether oxygens (including phenoxy) is 1. The minimum absolute atomic E-state index is 0.0604. The number of benzene rings is 1. The van der Waals surface area contributed by atoms with Gasteiger partial charge in [0.25, 0.3) is 0 Å². The molecule has 0 saturated heterocycles. The Kier molecular flexibility index (Phi) is 5.00. The van der Waals surface area contributed by atoms with Gasteiger partial charge < -0.3 is 10.5 Å². The molecule has 0 spiro atoms. The van der Waals surface area contributed by atoms with Gasteiger partial charge in [-0.1, -0.05) is 45.4 Å². The molecular weight excluding hydrogens is 253 g/mol. The first-order chi connectivity index (χ1) is 8.27. The highest BCUT2D eigenvalue weighted by atomic mass is 35.5. The van der Waals surface area contributed by atoms with Crippen molar-refractivity contribution < 1.29 is 9.13 Å². The highest BCUT2D eigenvalue weighted by Crippen LogP contribution is 2.31. The summed E-state index contributed by atoms with van der Waals surface area (Å²) in [6, 6.07) is 4.58. The van der Waals surface area contributed by atoms with Gasteiger partial charge in [-0.3, -0.25) is 0 Å². The average Bonchev–Trinajstić information content (AvgIpc) is 2.28. The van der Waals surface area contributed by atoms with Crippen molar-refractivity contribution in [2.24, 2.45) is 11.1 Å². The maximum atomic E-state index is 13.8. The zero-order chi connectivity index (χ0) is 13.9. The molecule has 0 radical (unpaired) electrons. The third kappa shape index (κ3) is 3.59. The second-order valence-corrected chi connectivity index (χ2v) is 5.94. The molecule has 0 amide bonds. The van der Waals surface area contributed by atoms with E-state index in [0.717, 1.165) is 6.42 Å². The van der Waals surface area contributed by atoms with Crippen LogP contribution in [0.25, 0.3) is 0 Å². The van der Waals surface area contributed by atoms with Crippen LogP contribution < -0.4 is 10.5 Å². The summed E-state index contributed by atoms with van der Waals surface area (Å²) >= 11 is 5.74. The Morgan fingerprint density at radius 2 is 2.00 bits per heavy atom. The second-order valence-electron chi connectivity index (χ2n) is 5.53. The fourth-order valence-electron chi connectivity index (χ4n) is 1.83. The van der Waals surface area contributed by atoms with Gasteiger partial charge in [0.1, 0.15) is 6.10 Å². The quantitative estimate of drug-likeness (QED) is 0.900.